The molecule has 0 bridgehead atoms. The summed E-state index contributed by atoms with van der Waals surface area (Å²) in [5.41, 5.74) is 14.9. The second-order valence-corrected chi connectivity index (χ2v) is 13.8. The summed E-state index contributed by atoms with van der Waals surface area (Å²) in [7, 11) is 0. The third-order valence-electron chi connectivity index (χ3n) is 10.7. The molecule has 0 aliphatic heterocycles. The Morgan fingerprint density at radius 3 is 1.37 bits per heavy atom. The Bertz CT molecular complexity index is 3210. The van der Waals surface area contributed by atoms with Gasteiger partial charge in [-0.2, -0.15) is 0 Å². The lowest BCUT2D eigenvalue weighted by Gasteiger charge is -2.13. The molecule has 0 amide bonds. The molecule has 0 fully saturated rings. The van der Waals surface area contributed by atoms with E-state index >= 15 is 0 Å². The third kappa shape index (κ3) is 4.78. The molecule has 11 aromatic rings. The number of aromatic nitrogens is 4. The van der Waals surface area contributed by atoms with Crippen molar-refractivity contribution in [3.05, 3.63) is 194 Å². The second-order valence-electron chi connectivity index (χ2n) is 13.8. The Kier molecular flexibility index (Phi) is 6.82. The van der Waals surface area contributed by atoms with Crippen molar-refractivity contribution < 1.29 is 0 Å². The van der Waals surface area contributed by atoms with Gasteiger partial charge < -0.3 is 9.13 Å². The van der Waals surface area contributed by atoms with Gasteiger partial charge >= 0.3 is 0 Å². The zero-order valence-electron chi connectivity index (χ0n) is 29.3. The van der Waals surface area contributed by atoms with Gasteiger partial charge in [-0.1, -0.05) is 127 Å². The minimum Gasteiger partial charge on any atom is -0.309 e. The van der Waals surface area contributed by atoms with Gasteiger partial charge in [0.25, 0.3) is 0 Å². The summed E-state index contributed by atoms with van der Waals surface area (Å²) in [6, 6.07) is 69.0. The molecular formula is C50H32N4. The van der Waals surface area contributed by atoms with Gasteiger partial charge in [-0.05, 0) is 77.9 Å². The summed E-state index contributed by atoms with van der Waals surface area (Å²) in [5.74, 6) is 0. The molecule has 4 nitrogen and oxygen atoms in total. The molecular weight excluding hydrogens is 657 g/mol. The molecule has 3 heterocycles. The lowest BCUT2D eigenvalue weighted by molar-refractivity contribution is 1.17. The number of benzene rings is 8. The van der Waals surface area contributed by atoms with Crippen LogP contribution in [0.25, 0.3) is 99.7 Å². The average Bonchev–Trinajstić information content (AvgIpc) is 3.75. The van der Waals surface area contributed by atoms with Crippen molar-refractivity contribution in [1.82, 2.24) is 19.1 Å². The predicted molar refractivity (Wildman–Crippen MR) is 225 cm³/mol. The van der Waals surface area contributed by atoms with Gasteiger partial charge in [0.15, 0.2) is 0 Å². The van der Waals surface area contributed by atoms with Crippen LogP contribution in [0.1, 0.15) is 0 Å². The summed E-state index contributed by atoms with van der Waals surface area (Å²) in [6.07, 6.45) is 0. The first-order chi connectivity index (χ1) is 26.8. The van der Waals surface area contributed by atoms with Crippen molar-refractivity contribution in [2.45, 2.75) is 0 Å². The monoisotopic (exact) mass is 688 g/mol. The molecule has 8 aromatic carbocycles. The molecule has 0 aliphatic carbocycles. The van der Waals surface area contributed by atoms with E-state index in [1.807, 2.05) is 30.3 Å². The topological polar surface area (TPSA) is 35.6 Å². The number of fused-ring (bicyclic) bond motifs is 7. The van der Waals surface area contributed by atoms with Crippen molar-refractivity contribution in [2.24, 2.45) is 0 Å². The smallest absolute Gasteiger partial charge is 0.0973 e. The van der Waals surface area contributed by atoms with Crippen LogP contribution in [0.2, 0.25) is 0 Å². The maximum absolute atomic E-state index is 5.18. The quantitative estimate of drug-likeness (QED) is 0.180. The SMILES string of the molecule is c1ccc(-c2nc3ccccc3nc2-c2cccc(-c3cccc(-n4c5ccccc5c5cc6c(cc54)c4ccccc4n6-c4ccccc4)c3)c2)cc1. The van der Waals surface area contributed by atoms with Crippen molar-refractivity contribution in [3.63, 3.8) is 0 Å². The molecule has 252 valence electrons. The van der Waals surface area contributed by atoms with E-state index in [1.165, 1.54) is 43.6 Å². The molecule has 0 saturated heterocycles. The van der Waals surface area contributed by atoms with Gasteiger partial charge in [0, 0.05) is 44.0 Å². The zero-order valence-corrected chi connectivity index (χ0v) is 29.3. The van der Waals surface area contributed by atoms with Crippen LogP contribution in [-0.4, -0.2) is 19.1 Å². The van der Waals surface area contributed by atoms with Gasteiger partial charge in [-0.15, -0.1) is 0 Å². The van der Waals surface area contributed by atoms with Crippen molar-refractivity contribution in [1.29, 1.82) is 0 Å². The zero-order chi connectivity index (χ0) is 35.6. The predicted octanol–water partition coefficient (Wildman–Crippen LogP) is 12.8. The highest BCUT2D eigenvalue weighted by molar-refractivity contribution is 6.19. The number of hydrogen-bond acceptors (Lipinski definition) is 2. The van der Waals surface area contributed by atoms with Crippen LogP contribution in [0.4, 0.5) is 0 Å². The lowest BCUT2D eigenvalue weighted by Crippen LogP contribution is -1.96. The standard InChI is InChI=1S/C50H32N4/c1-3-15-33(16-4-1)49-50(52-44-26-10-9-25-43(44)51-49)36-19-13-17-34(29-36)35-18-14-22-38(30-35)54-46-28-12-8-24-40(46)42-31-47-41(32-48(42)54)39-23-7-11-27-45(39)53(47)37-20-5-2-6-21-37/h1-32H. The Hall–Kier alpha value is -7.30. The first-order valence-electron chi connectivity index (χ1n) is 18.3. The van der Waals surface area contributed by atoms with Gasteiger partial charge in [0.1, 0.15) is 0 Å². The maximum Gasteiger partial charge on any atom is 0.0973 e. The van der Waals surface area contributed by atoms with Crippen LogP contribution in [0.5, 0.6) is 0 Å². The summed E-state index contributed by atoms with van der Waals surface area (Å²) >= 11 is 0. The normalized spacial score (nSPS) is 11.7. The molecule has 4 heteroatoms. The van der Waals surface area contributed by atoms with Gasteiger partial charge in [0.2, 0.25) is 0 Å². The fraction of sp³-hybridized carbons (Fsp3) is 0. The molecule has 3 aromatic heterocycles. The molecule has 0 unspecified atom stereocenters. The fourth-order valence-electron chi connectivity index (χ4n) is 8.23. The fourth-order valence-corrected chi connectivity index (χ4v) is 8.23. The van der Waals surface area contributed by atoms with Gasteiger partial charge in [-0.25, -0.2) is 9.97 Å². The highest BCUT2D eigenvalue weighted by Crippen LogP contribution is 2.40. The van der Waals surface area contributed by atoms with Gasteiger partial charge in [0.05, 0.1) is 44.5 Å². The minimum atomic E-state index is 0.874. The van der Waals surface area contributed by atoms with E-state index in [2.05, 4.69) is 173 Å². The highest BCUT2D eigenvalue weighted by atomic mass is 15.0. The van der Waals surface area contributed by atoms with E-state index in [-0.39, 0.29) is 0 Å². The maximum atomic E-state index is 5.18. The lowest BCUT2D eigenvalue weighted by atomic mass is 9.98. The minimum absolute atomic E-state index is 0.874. The molecule has 0 spiro atoms. The second kappa shape index (κ2) is 12.1. The molecule has 0 radical (unpaired) electrons. The van der Waals surface area contributed by atoms with Crippen LogP contribution in [-0.2, 0) is 0 Å². The van der Waals surface area contributed by atoms with Crippen LogP contribution in [0.15, 0.2) is 194 Å². The third-order valence-corrected chi connectivity index (χ3v) is 10.7. The molecule has 0 atom stereocenters. The number of nitrogens with zero attached hydrogens (tertiary/aromatic N) is 4. The van der Waals surface area contributed by atoms with Crippen LogP contribution in [0.3, 0.4) is 0 Å². The number of rotatable bonds is 5. The first kappa shape index (κ1) is 30.3. The Balaban J connectivity index is 1.10. The Labute approximate surface area is 311 Å². The summed E-state index contributed by atoms with van der Waals surface area (Å²) < 4.78 is 4.82. The van der Waals surface area contributed by atoms with Crippen LogP contribution >= 0.6 is 0 Å². The molecule has 11 rings (SSSR count). The average molecular weight is 689 g/mol. The number of hydrogen-bond donors (Lipinski definition) is 0. The van der Waals surface area contributed by atoms with Gasteiger partial charge in [-0.3, -0.25) is 0 Å². The Morgan fingerprint density at radius 1 is 0.278 bits per heavy atom. The van der Waals surface area contributed by atoms with Crippen LogP contribution in [0, 0.1) is 0 Å². The summed E-state index contributed by atoms with van der Waals surface area (Å²) in [5, 5.41) is 4.94. The van der Waals surface area contributed by atoms with E-state index in [0.717, 1.165) is 56.0 Å². The first-order valence-corrected chi connectivity index (χ1v) is 18.3. The van der Waals surface area contributed by atoms with E-state index in [9.17, 15) is 0 Å². The summed E-state index contributed by atoms with van der Waals surface area (Å²) in [4.78, 5) is 10.3. The van der Waals surface area contributed by atoms with E-state index in [1.54, 1.807) is 0 Å². The van der Waals surface area contributed by atoms with E-state index in [0.29, 0.717) is 0 Å². The molecule has 0 N–H and O–H groups in total. The van der Waals surface area contributed by atoms with Crippen molar-refractivity contribution >= 4 is 54.6 Å². The van der Waals surface area contributed by atoms with Crippen molar-refractivity contribution in [2.75, 3.05) is 0 Å². The molecule has 0 aliphatic rings. The summed E-state index contributed by atoms with van der Waals surface area (Å²) in [6.45, 7) is 0. The molecule has 54 heavy (non-hydrogen) atoms. The van der Waals surface area contributed by atoms with E-state index < -0.39 is 0 Å². The van der Waals surface area contributed by atoms with Crippen LogP contribution < -0.4 is 0 Å². The molecule has 0 saturated carbocycles. The highest BCUT2D eigenvalue weighted by Gasteiger charge is 2.19. The number of para-hydroxylation sites is 5. The van der Waals surface area contributed by atoms with E-state index in [4.69, 9.17) is 9.97 Å². The Morgan fingerprint density at radius 2 is 0.722 bits per heavy atom. The van der Waals surface area contributed by atoms with Crippen molar-refractivity contribution in [3.8, 4) is 45.0 Å². The largest absolute Gasteiger partial charge is 0.309 e.